The van der Waals surface area contributed by atoms with Crippen LogP contribution in [0.3, 0.4) is 0 Å². The van der Waals surface area contributed by atoms with E-state index in [-0.39, 0.29) is 0 Å². The van der Waals surface area contributed by atoms with E-state index in [9.17, 15) is 0 Å². The zero-order valence-corrected chi connectivity index (χ0v) is 15.1. The summed E-state index contributed by atoms with van der Waals surface area (Å²) < 4.78 is 7.73. The highest BCUT2D eigenvalue weighted by atomic mass is 32.1. The molecule has 6 heteroatoms. The lowest BCUT2D eigenvalue weighted by atomic mass is 10.3. The Morgan fingerprint density at radius 1 is 1.25 bits per heavy atom. The molecule has 2 rings (SSSR count). The third-order valence-corrected chi connectivity index (χ3v) is 3.58. The maximum Gasteiger partial charge on any atom is 0.217 e. The van der Waals surface area contributed by atoms with Gasteiger partial charge in [0.05, 0.1) is 23.8 Å². The Morgan fingerprint density at radius 3 is 2.75 bits per heavy atom. The third kappa shape index (κ3) is 5.45. The Hall–Kier alpha value is -2.21. The van der Waals surface area contributed by atoms with Gasteiger partial charge in [-0.05, 0) is 37.7 Å². The van der Waals surface area contributed by atoms with Crippen LogP contribution in [0.2, 0.25) is 0 Å². The maximum atomic E-state index is 5.95. The van der Waals surface area contributed by atoms with Crippen LogP contribution in [0, 0.1) is 0 Å². The van der Waals surface area contributed by atoms with Gasteiger partial charge in [0, 0.05) is 12.6 Å². The Kier molecular flexibility index (Phi) is 7.42. The first-order valence-electron chi connectivity index (χ1n) is 8.34. The molecule has 0 aliphatic heterocycles. The molecular weight excluding hydrogens is 320 g/mol. The fraction of sp³-hybridized carbons (Fsp3) is 0.389. The summed E-state index contributed by atoms with van der Waals surface area (Å²) in [6, 6.07) is 11.8. The average Bonchev–Trinajstić information content (AvgIpc) is 2.60. The number of para-hydroxylation sites is 1. The highest BCUT2D eigenvalue weighted by Gasteiger charge is 2.05. The number of rotatable bonds is 7. The van der Waals surface area contributed by atoms with Gasteiger partial charge in [-0.1, -0.05) is 38.0 Å². The topological polar surface area (TPSA) is 51.4 Å². The Morgan fingerprint density at radius 2 is 2.04 bits per heavy atom. The van der Waals surface area contributed by atoms with Gasteiger partial charge in [-0.15, -0.1) is 0 Å². The number of nitrogens with zero attached hydrogens (tertiary/aromatic N) is 3. The molecule has 0 unspecified atom stereocenters. The van der Waals surface area contributed by atoms with Crippen molar-refractivity contribution in [2.45, 2.75) is 33.1 Å². The maximum absolute atomic E-state index is 5.95. The van der Waals surface area contributed by atoms with Gasteiger partial charge in [-0.2, -0.15) is 5.10 Å². The van der Waals surface area contributed by atoms with Crippen molar-refractivity contribution in [3.63, 3.8) is 0 Å². The number of hydrogen-bond donors (Lipinski definition) is 1. The van der Waals surface area contributed by atoms with Gasteiger partial charge in [0.25, 0.3) is 0 Å². The molecule has 24 heavy (non-hydrogen) atoms. The summed E-state index contributed by atoms with van der Waals surface area (Å²) in [7, 11) is 0. The van der Waals surface area contributed by atoms with Gasteiger partial charge in [0.2, 0.25) is 5.88 Å². The first-order valence-corrected chi connectivity index (χ1v) is 8.75. The van der Waals surface area contributed by atoms with Crippen molar-refractivity contribution in [2.24, 2.45) is 4.99 Å². The molecule has 0 amide bonds. The highest BCUT2D eigenvalue weighted by Crippen LogP contribution is 2.14. The second-order valence-electron chi connectivity index (χ2n) is 5.30. The number of hydrogen-bond acceptors (Lipinski definition) is 3. The molecule has 5 nitrogen and oxygen atoms in total. The molecule has 0 fully saturated rings. The number of unbranched alkanes of at least 4 members (excludes halogenated alkanes) is 2. The lowest BCUT2D eigenvalue weighted by Crippen LogP contribution is -2.22. The fourth-order valence-corrected chi connectivity index (χ4v) is 2.41. The molecule has 1 heterocycles. The van der Waals surface area contributed by atoms with Crippen LogP contribution in [-0.4, -0.2) is 28.0 Å². The number of benzene rings is 1. The molecular formula is C18H24N4OS. The normalized spacial score (nSPS) is 11.3. The van der Waals surface area contributed by atoms with E-state index < -0.39 is 0 Å². The van der Waals surface area contributed by atoms with Gasteiger partial charge in [-0.25, -0.2) is 9.67 Å². The van der Waals surface area contributed by atoms with E-state index in [1.807, 2.05) is 43.3 Å². The number of aromatic nitrogens is 2. The Labute approximate surface area is 148 Å². The molecule has 128 valence electrons. The van der Waals surface area contributed by atoms with Crippen LogP contribution >= 0.6 is 12.2 Å². The zero-order chi connectivity index (χ0) is 17.2. The van der Waals surface area contributed by atoms with Crippen molar-refractivity contribution in [3.8, 4) is 11.6 Å². The van der Waals surface area contributed by atoms with E-state index in [2.05, 4.69) is 22.3 Å². The van der Waals surface area contributed by atoms with Crippen molar-refractivity contribution in [1.29, 1.82) is 0 Å². The Bertz CT molecular complexity index is 712. The summed E-state index contributed by atoms with van der Waals surface area (Å²) in [4.78, 5) is 4.35. The van der Waals surface area contributed by atoms with Gasteiger partial charge in [0.15, 0.2) is 5.11 Å². The second kappa shape index (κ2) is 9.82. The van der Waals surface area contributed by atoms with Gasteiger partial charge < -0.3 is 10.1 Å². The largest absolute Gasteiger partial charge is 0.478 e. The molecule has 0 aliphatic carbocycles. The van der Waals surface area contributed by atoms with E-state index in [0.29, 0.717) is 23.0 Å². The van der Waals surface area contributed by atoms with E-state index in [0.717, 1.165) is 31.5 Å². The molecule has 0 bridgehead atoms. The van der Waals surface area contributed by atoms with Gasteiger partial charge in [0.1, 0.15) is 0 Å². The molecule has 1 N–H and O–H groups in total. The van der Waals surface area contributed by atoms with Crippen molar-refractivity contribution >= 4 is 17.3 Å². The molecule has 0 saturated carbocycles. The molecule has 2 aromatic rings. The third-order valence-electron chi connectivity index (χ3n) is 3.34. The van der Waals surface area contributed by atoms with Crippen molar-refractivity contribution in [3.05, 3.63) is 48.0 Å². The van der Waals surface area contributed by atoms with E-state index in [1.165, 1.54) is 0 Å². The van der Waals surface area contributed by atoms with Gasteiger partial charge in [-0.3, -0.25) is 0 Å². The monoisotopic (exact) mass is 344 g/mol. The van der Waals surface area contributed by atoms with E-state index in [4.69, 9.17) is 17.0 Å². The first-order chi connectivity index (χ1) is 11.7. The number of nitrogens with one attached hydrogen (secondary N) is 1. The summed E-state index contributed by atoms with van der Waals surface area (Å²) in [6.45, 7) is 5.56. The summed E-state index contributed by atoms with van der Waals surface area (Å²) in [6.07, 6.45) is 5.01. The minimum absolute atomic E-state index is 0.452. The predicted molar refractivity (Wildman–Crippen MR) is 100 cm³/mol. The van der Waals surface area contributed by atoms with E-state index >= 15 is 0 Å². The quantitative estimate of drug-likeness (QED) is 0.619. The smallest absolute Gasteiger partial charge is 0.217 e. The summed E-state index contributed by atoms with van der Waals surface area (Å²) >= 11 is 5.17. The standard InChI is InChI=1S/C18H24N4OS/c1-3-5-9-12-23-17-13-15(21-18(24)19-4-2)14-20-22(17)16-10-7-6-8-11-16/h6-8,10-11,13-14H,3-5,9,12H2,1-2H3,(H,19,24)/b21-15+. The highest BCUT2D eigenvalue weighted by molar-refractivity contribution is 7.80. The molecule has 0 atom stereocenters. The van der Waals surface area contributed by atoms with E-state index in [1.54, 1.807) is 10.9 Å². The molecule has 0 saturated heterocycles. The van der Waals surface area contributed by atoms with Crippen LogP contribution in [0.5, 0.6) is 5.88 Å². The van der Waals surface area contributed by atoms with Crippen molar-refractivity contribution in [2.75, 3.05) is 13.2 Å². The summed E-state index contributed by atoms with van der Waals surface area (Å²) in [5, 5.41) is 8.61. The summed E-state index contributed by atoms with van der Waals surface area (Å²) in [5.41, 5.74) is 0.948. The number of ether oxygens (including phenoxy) is 1. The molecule has 0 radical (unpaired) electrons. The molecule has 1 aromatic heterocycles. The fourth-order valence-electron chi connectivity index (χ4n) is 2.16. The molecule has 0 spiro atoms. The second-order valence-corrected chi connectivity index (χ2v) is 5.69. The molecule has 1 aromatic carbocycles. The minimum atomic E-state index is 0.452. The number of thiocarbonyl (C=S) groups is 1. The average molecular weight is 344 g/mol. The lowest BCUT2D eigenvalue weighted by Gasteiger charge is -2.13. The van der Waals surface area contributed by atoms with Crippen LogP contribution in [-0.2, 0) is 0 Å². The van der Waals surface area contributed by atoms with Crippen LogP contribution in [0.25, 0.3) is 5.69 Å². The van der Waals surface area contributed by atoms with Gasteiger partial charge >= 0.3 is 0 Å². The lowest BCUT2D eigenvalue weighted by molar-refractivity contribution is 0.282. The van der Waals surface area contributed by atoms with Crippen LogP contribution in [0.15, 0.2) is 47.6 Å². The SMILES string of the molecule is CCCCCOc1c/c(=N\C(=S)NCC)cnn1-c1ccccc1. The van der Waals surface area contributed by atoms with Crippen molar-refractivity contribution in [1.82, 2.24) is 15.1 Å². The molecule has 0 aliphatic rings. The minimum Gasteiger partial charge on any atom is -0.478 e. The van der Waals surface area contributed by atoms with Crippen LogP contribution in [0.1, 0.15) is 33.1 Å². The van der Waals surface area contributed by atoms with Crippen molar-refractivity contribution < 1.29 is 4.74 Å². The summed E-state index contributed by atoms with van der Waals surface area (Å²) in [5.74, 6) is 0.665. The Balaban J connectivity index is 2.31. The van der Waals surface area contributed by atoms with Crippen LogP contribution < -0.4 is 15.4 Å². The predicted octanol–water partition coefficient (Wildman–Crippen LogP) is 3.24. The zero-order valence-electron chi connectivity index (χ0n) is 14.2. The van der Waals surface area contributed by atoms with Crippen LogP contribution in [0.4, 0.5) is 0 Å². The first kappa shape index (κ1) is 18.1.